The van der Waals surface area contributed by atoms with Gasteiger partial charge in [0.05, 0.1) is 5.69 Å². The minimum Gasteiger partial charge on any atom is -0.353 e. The quantitative estimate of drug-likeness (QED) is 0.807. The molecule has 3 nitrogen and oxygen atoms in total. The Morgan fingerprint density at radius 2 is 2.07 bits per heavy atom. The van der Waals surface area contributed by atoms with Crippen molar-refractivity contribution in [2.75, 3.05) is 5.32 Å². The van der Waals surface area contributed by atoms with Gasteiger partial charge < -0.3 is 9.88 Å². The van der Waals surface area contributed by atoms with Crippen molar-refractivity contribution in [3.05, 3.63) is 11.9 Å². The minimum absolute atomic E-state index is 0.474. The number of imidazole rings is 1. The summed E-state index contributed by atoms with van der Waals surface area (Å²) in [6, 6.07) is 0.474. The van der Waals surface area contributed by atoms with Crippen LogP contribution in [0.15, 0.2) is 6.20 Å². The average molecular weight is 209 g/mol. The van der Waals surface area contributed by atoms with Crippen molar-refractivity contribution >= 4 is 5.95 Å². The van der Waals surface area contributed by atoms with Gasteiger partial charge in [-0.15, -0.1) is 0 Å². The van der Waals surface area contributed by atoms with E-state index in [2.05, 4.69) is 48.8 Å². The van der Waals surface area contributed by atoms with Crippen LogP contribution in [0.5, 0.6) is 0 Å². The zero-order valence-corrected chi connectivity index (χ0v) is 10.5. The van der Waals surface area contributed by atoms with Crippen LogP contribution in [-0.2, 0) is 6.54 Å². The summed E-state index contributed by atoms with van der Waals surface area (Å²) in [6.07, 6.45) is 3.28. The van der Waals surface area contributed by atoms with E-state index in [0.29, 0.717) is 12.0 Å². The molecule has 1 heterocycles. The number of nitrogens with zero attached hydrogens (tertiary/aromatic N) is 2. The zero-order valence-electron chi connectivity index (χ0n) is 10.5. The molecule has 15 heavy (non-hydrogen) atoms. The molecule has 1 rings (SSSR count). The molecule has 0 aliphatic heterocycles. The maximum atomic E-state index is 4.49. The van der Waals surface area contributed by atoms with Crippen molar-refractivity contribution in [3.63, 3.8) is 0 Å². The zero-order chi connectivity index (χ0) is 11.4. The van der Waals surface area contributed by atoms with Gasteiger partial charge in [0.2, 0.25) is 5.95 Å². The number of aromatic nitrogens is 2. The second-order valence-corrected chi connectivity index (χ2v) is 4.31. The van der Waals surface area contributed by atoms with Gasteiger partial charge in [0.1, 0.15) is 0 Å². The van der Waals surface area contributed by atoms with Crippen molar-refractivity contribution in [1.29, 1.82) is 0 Å². The number of anilines is 1. The van der Waals surface area contributed by atoms with Crippen LogP contribution in [0, 0.1) is 12.8 Å². The Kier molecular flexibility index (Phi) is 4.18. The first-order valence-corrected chi connectivity index (χ1v) is 5.88. The lowest BCUT2D eigenvalue weighted by Crippen LogP contribution is -2.25. The third kappa shape index (κ3) is 2.98. The van der Waals surface area contributed by atoms with Crippen LogP contribution in [-0.4, -0.2) is 15.6 Å². The summed E-state index contributed by atoms with van der Waals surface area (Å²) >= 11 is 0. The lowest BCUT2D eigenvalue weighted by atomic mass is 10.0. The third-order valence-corrected chi connectivity index (χ3v) is 3.09. The first kappa shape index (κ1) is 12.1. The smallest absolute Gasteiger partial charge is 0.203 e. The molecule has 2 atom stereocenters. The molecule has 1 aromatic rings. The van der Waals surface area contributed by atoms with Crippen LogP contribution in [0.3, 0.4) is 0 Å². The fourth-order valence-corrected chi connectivity index (χ4v) is 1.60. The highest BCUT2D eigenvalue weighted by Gasteiger charge is 2.12. The highest BCUT2D eigenvalue weighted by atomic mass is 15.2. The summed E-state index contributed by atoms with van der Waals surface area (Å²) < 4.78 is 2.16. The molecule has 1 aromatic heterocycles. The van der Waals surface area contributed by atoms with Crippen LogP contribution >= 0.6 is 0 Å². The molecular formula is C12H23N3. The number of nitrogens with one attached hydrogen (secondary N) is 1. The SMILES string of the molecule is CCC(C)C(C)Nc1nc(C)cn1CC. The van der Waals surface area contributed by atoms with Crippen molar-refractivity contribution < 1.29 is 0 Å². The van der Waals surface area contributed by atoms with Gasteiger partial charge in [-0.1, -0.05) is 20.3 Å². The highest BCUT2D eigenvalue weighted by Crippen LogP contribution is 2.14. The highest BCUT2D eigenvalue weighted by molar-refractivity contribution is 5.30. The summed E-state index contributed by atoms with van der Waals surface area (Å²) in [6.45, 7) is 11.9. The van der Waals surface area contributed by atoms with Crippen molar-refractivity contribution in [2.24, 2.45) is 5.92 Å². The van der Waals surface area contributed by atoms with Gasteiger partial charge in [-0.3, -0.25) is 0 Å². The Hall–Kier alpha value is -0.990. The second kappa shape index (κ2) is 5.19. The van der Waals surface area contributed by atoms with E-state index in [9.17, 15) is 0 Å². The molecule has 0 aliphatic rings. The lowest BCUT2D eigenvalue weighted by Gasteiger charge is -2.20. The first-order valence-electron chi connectivity index (χ1n) is 5.88. The second-order valence-electron chi connectivity index (χ2n) is 4.31. The molecule has 0 fully saturated rings. The van der Waals surface area contributed by atoms with Crippen LogP contribution < -0.4 is 5.32 Å². The molecule has 86 valence electrons. The Bertz CT molecular complexity index is 304. The number of hydrogen-bond donors (Lipinski definition) is 1. The van der Waals surface area contributed by atoms with Gasteiger partial charge in [-0.2, -0.15) is 0 Å². The average Bonchev–Trinajstić information content (AvgIpc) is 2.57. The molecule has 2 unspecified atom stereocenters. The molecule has 0 bridgehead atoms. The Balaban J connectivity index is 2.70. The van der Waals surface area contributed by atoms with E-state index in [4.69, 9.17) is 0 Å². The van der Waals surface area contributed by atoms with Crippen LogP contribution in [0.1, 0.15) is 39.8 Å². The van der Waals surface area contributed by atoms with Crippen molar-refractivity contribution in [3.8, 4) is 0 Å². The molecule has 0 spiro atoms. The normalized spacial score (nSPS) is 15.0. The van der Waals surface area contributed by atoms with Crippen LogP contribution in [0.25, 0.3) is 0 Å². The standard InChI is InChI=1S/C12H23N3/c1-6-9(3)11(5)14-12-13-10(4)8-15(12)7-2/h8-9,11H,6-7H2,1-5H3,(H,13,14). The molecular weight excluding hydrogens is 186 g/mol. The van der Waals surface area contributed by atoms with Gasteiger partial charge in [0.25, 0.3) is 0 Å². The van der Waals surface area contributed by atoms with Gasteiger partial charge >= 0.3 is 0 Å². The summed E-state index contributed by atoms with van der Waals surface area (Å²) in [4.78, 5) is 4.49. The molecule has 3 heteroatoms. The number of aryl methyl sites for hydroxylation is 2. The minimum atomic E-state index is 0.474. The van der Waals surface area contributed by atoms with E-state index in [1.54, 1.807) is 0 Å². The topological polar surface area (TPSA) is 29.9 Å². The summed E-state index contributed by atoms with van der Waals surface area (Å²) in [5, 5.41) is 3.48. The van der Waals surface area contributed by atoms with E-state index in [1.807, 2.05) is 6.92 Å². The maximum absolute atomic E-state index is 4.49. The maximum Gasteiger partial charge on any atom is 0.203 e. The van der Waals surface area contributed by atoms with Gasteiger partial charge in [-0.25, -0.2) is 4.98 Å². The summed E-state index contributed by atoms with van der Waals surface area (Å²) in [5.41, 5.74) is 1.08. The summed E-state index contributed by atoms with van der Waals surface area (Å²) in [5.74, 6) is 1.68. The molecule has 0 radical (unpaired) electrons. The predicted molar refractivity (Wildman–Crippen MR) is 65.2 cm³/mol. The van der Waals surface area contributed by atoms with Crippen molar-refractivity contribution in [1.82, 2.24) is 9.55 Å². The largest absolute Gasteiger partial charge is 0.353 e. The van der Waals surface area contributed by atoms with E-state index in [1.165, 1.54) is 6.42 Å². The fourth-order valence-electron chi connectivity index (χ4n) is 1.60. The van der Waals surface area contributed by atoms with Gasteiger partial charge in [-0.05, 0) is 26.7 Å². The fraction of sp³-hybridized carbons (Fsp3) is 0.750. The van der Waals surface area contributed by atoms with E-state index >= 15 is 0 Å². The Labute approximate surface area is 92.9 Å². The van der Waals surface area contributed by atoms with E-state index in [0.717, 1.165) is 18.2 Å². The monoisotopic (exact) mass is 209 g/mol. The lowest BCUT2D eigenvalue weighted by molar-refractivity contribution is 0.490. The number of hydrogen-bond acceptors (Lipinski definition) is 2. The Morgan fingerprint density at radius 1 is 1.40 bits per heavy atom. The molecule has 0 saturated heterocycles. The van der Waals surface area contributed by atoms with E-state index in [-0.39, 0.29) is 0 Å². The molecule has 1 N–H and O–H groups in total. The Morgan fingerprint density at radius 3 is 2.60 bits per heavy atom. The first-order chi connectivity index (χ1) is 7.08. The van der Waals surface area contributed by atoms with Crippen LogP contribution in [0.4, 0.5) is 5.95 Å². The predicted octanol–water partition coefficient (Wildman–Crippen LogP) is 3.06. The number of rotatable bonds is 5. The van der Waals surface area contributed by atoms with E-state index < -0.39 is 0 Å². The van der Waals surface area contributed by atoms with Crippen molar-refractivity contribution in [2.45, 2.75) is 53.6 Å². The molecule has 0 aliphatic carbocycles. The van der Waals surface area contributed by atoms with Gasteiger partial charge in [0, 0.05) is 18.8 Å². The molecule has 0 aromatic carbocycles. The van der Waals surface area contributed by atoms with Crippen LogP contribution in [0.2, 0.25) is 0 Å². The van der Waals surface area contributed by atoms with Gasteiger partial charge in [0.15, 0.2) is 0 Å². The molecule has 0 saturated carbocycles. The molecule has 0 amide bonds. The summed E-state index contributed by atoms with van der Waals surface area (Å²) in [7, 11) is 0. The third-order valence-electron chi connectivity index (χ3n) is 3.09.